The third-order valence-electron chi connectivity index (χ3n) is 6.39. The predicted octanol–water partition coefficient (Wildman–Crippen LogP) is 7.63. The number of hydrogen-bond acceptors (Lipinski definition) is 7. The monoisotopic (exact) mass is 548 g/mol. The van der Waals surface area contributed by atoms with E-state index in [0.29, 0.717) is 57.5 Å². The Morgan fingerprint density at radius 1 is 0.805 bits per heavy atom. The summed E-state index contributed by atoms with van der Waals surface area (Å²) in [5, 5.41) is 0.590. The van der Waals surface area contributed by atoms with Gasteiger partial charge in [-0.15, -0.1) is 0 Å². The smallest absolute Gasteiger partial charge is 0.348 e. The van der Waals surface area contributed by atoms with Crippen LogP contribution in [0, 0.1) is 0 Å². The van der Waals surface area contributed by atoms with Crippen LogP contribution in [0.2, 0.25) is 0 Å². The first-order valence-electron chi connectivity index (χ1n) is 13.0. The van der Waals surface area contributed by atoms with Gasteiger partial charge in [0.1, 0.15) is 28.4 Å². The average Bonchev–Trinajstić information content (AvgIpc) is 3.39. The summed E-state index contributed by atoms with van der Waals surface area (Å²) in [6, 6.07) is 26.5. The molecule has 1 heterocycles. The van der Waals surface area contributed by atoms with E-state index in [1.165, 1.54) is 6.08 Å². The molecule has 0 aliphatic carbocycles. The Labute approximate surface area is 237 Å². The van der Waals surface area contributed by atoms with Crippen LogP contribution in [0.3, 0.4) is 0 Å². The minimum absolute atomic E-state index is 0.201. The normalized spacial score (nSPS) is 11.0. The molecule has 0 aliphatic heterocycles. The summed E-state index contributed by atoms with van der Waals surface area (Å²) < 4.78 is 28.1. The molecule has 0 saturated heterocycles. The van der Waals surface area contributed by atoms with Gasteiger partial charge in [-0.2, -0.15) is 0 Å². The second-order valence-corrected chi connectivity index (χ2v) is 8.99. The predicted molar refractivity (Wildman–Crippen MR) is 157 cm³/mol. The van der Waals surface area contributed by atoms with Crippen LogP contribution in [0.5, 0.6) is 23.0 Å². The van der Waals surface area contributed by atoms with E-state index >= 15 is 0 Å². The largest absolute Gasteiger partial charge is 0.494 e. The molecule has 0 N–H and O–H groups in total. The van der Waals surface area contributed by atoms with Gasteiger partial charge in [0.25, 0.3) is 0 Å². The summed E-state index contributed by atoms with van der Waals surface area (Å²) in [4.78, 5) is 26.3. The Bertz CT molecular complexity index is 1710. The van der Waals surface area contributed by atoms with Gasteiger partial charge in [-0.1, -0.05) is 42.5 Å². The molecule has 0 fully saturated rings. The van der Waals surface area contributed by atoms with Crippen LogP contribution in [-0.2, 0) is 0 Å². The van der Waals surface area contributed by atoms with Crippen molar-refractivity contribution < 1.29 is 33.0 Å². The number of ether oxygens (including phenoxy) is 4. The van der Waals surface area contributed by atoms with Crippen LogP contribution in [0.15, 0.2) is 101 Å². The van der Waals surface area contributed by atoms with Crippen molar-refractivity contribution in [2.24, 2.45) is 0 Å². The molecule has 7 heteroatoms. The maximum absolute atomic E-state index is 13.5. The fraction of sp³-hybridized carbons (Fsp3) is 0.118. The third-order valence-corrected chi connectivity index (χ3v) is 6.39. The molecule has 0 radical (unpaired) electrons. The molecule has 7 nitrogen and oxygen atoms in total. The van der Waals surface area contributed by atoms with E-state index in [2.05, 4.69) is 0 Å². The van der Waals surface area contributed by atoms with Crippen molar-refractivity contribution in [1.82, 2.24) is 0 Å². The number of furan rings is 1. The Morgan fingerprint density at radius 2 is 1.54 bits per heavy atom. The zero-order chi connectivity index (χ0) is 28.8. The molecule has 0 amide bonds. The third kappa shape index (κ3) is 5.99. The molecule has 0 bridgehead atoms. The molecule has 5 aromatic rings. The first kappa shape index (κ1) is 27.3. The summed E-state index contributed by atoms with van der Waals surface area (Å²) >= 11 is 0. The van der Waals surface area contributed by atoms with E-state index in [1.54, 1.807) is 74.9 Å². The zero-order valence-corrected chi connectivity index (χ0v) is 22.9. The number of carbonyl (C=O) groups excluding carboxylic acids is 2. The van der Waals surface area contributed by atoms with Crippen LogP contribution in [0.1, 0.15) is 33.2 Å². The second kappa shape index (κ2) is 12.3. The van der Waals surface area contributed by atoms with Crippen LogP contribution in [0.25, 0.3) is 28.4 Å². The van der Waals surface area contributed by atoms with Crippen molar-refractivity contribution in [3.63, 3.8) is 0 Å². The van der Waals surface area contributed by atoms with Gasteiger partial charge in [0, 0.05) is 16.5 Å². The Kier molecular flexibility index (Phi) is 8.15. The summed E-state index contributed by atoms with van der Waals surface area (Å²) in [6.45, 7) is 2.38. The summed E-state index contributed by atoms with van der Waals surface area (Å²) in [7, 11) is 3.12. The number of fused-ring (bicyclic) bond motifs is 1. The molecule has 0 aliphatic rings. The molecule has 206 valence electrons. The molecular formula is C34H28O7. The number of ketones is 1. The van der Waals surface area contributed by atoms with E-state index < -0.39 is 5.97 Å². The van der Waals surface area contributed by atoms with Crippen LogP contribution >= 0.6 is 0 Å². The number of esters is 1. The molecule has 5 rings (SSSR count). The van der Waals surface area contributed by atoms with Gasteiger partial charge in [-0.25, -0.2) is 4.79 Å². The van der Waals surface area contributed by atoms with Crippen LogP contribution in [0.4, 0.5) is 0 Å². The molecule has 4 aromatic carbocycles. The average molecular weight is 549 g/mol. The molecule has 41 heavy (non-hydrogen) atoms. The van der Waals surface area contributed by atoms with E-state index in [1.807, 2.05) is 43.3 Å². The SMILES string of the molecule is CCOc1ccc2oc(-c3ccccc3)c(C(=O)Oc3ccc(C(=O)/C=C/c4ccc(OC)c(OC)c4)cc3)c2c1. The van der Waals surface area contributed by atoms with E-state index in [9.17, 15) is 9.59 Å². The lowest BCUT2D eigenvalue weighted by Gasteiger charge is -2.07. The lowest BCUT2D eigenvalue weighted by molar-refractivity contribution is 0.0737. The highest BCUT2D eigenvalue weighted by molar-refractivity contribution is 6.10. The van der Waals surface area contributed by atoms with Gasteiger partial charge < -0.3 is 23.4 Å². The Morgan fingerprint density at radius 3 is 2.24 bits per heavy atom. The Balaban J connectivity index is 1.37. The molecule has 0 saturated carbocycles. The summed E-state index contributed by atoms with van der Waals surface area (Å²) in [5.41, 5.74) is 2.82. The Hall–Kier alpha value is -5.30. The van der Waals surface area contributed by atoms with E-state index in [-0.39, 0.29) is 5.78 Å². The first-order chi connectivity index (χ1) is 20.0. The van der Waals surface area contributed by atoms with Crippen molar-refractivity contribution in [2.45, 2.75) is 6.92 Å². The summed E-state index contributed by atoms with van der Waals surface area (Å²) in [5.74, 6) is 1.73. The topological polar surface area (TPSA) is 84.2 Å². The first-order valence-corrected chi connectivity index (χ1v) is 13.0. The minimum Gasteiger partial charge on any atom is -0.494 e. The van der Waals surface area contributed by atoms with E-state index in [4.69, 9.17) is 23.4 Å². The van der Waals surface area contributed by atoms with Gasteiger partial charge in [0.15, 0.2) is 17.3 Å². The van der Waals surface area contributed by atoms with Gasteiger partial charge in [-0.3, -0.25) is 4.79 Å². The molecule has 0 unspecified atom stereocenters. The molecule has 1 aromatic heterocycles. The lowest BCUT2D eigenvalue weighted by Crippen LogP contribution is -2.09. The van der Waals surface area contributed by atoms with Crippen molar-refractivity contribution >= 4 is 28.8 Å². The highest BCUT2D eigenvalue weighted by Crippen LogP contribution is 2.36. The number of rotatable bonds is 10. The zero-order valence-electron chi connectivity index (χ0n) is 22.9. The number of benzene rings is 4. The minimum atomic E-state index is -0.580. The van der Waals surface area contributed by atoms with E-state index in [0.717, 1.165) is 11.1 Å². The van der Waals surface area contributed by atoms with Gasteiger partial charge in [0.2, 0.25) is 0 Å². The maximum Gasteiger partial charge on any atom is 0.348 e. The maximum atomic E-state index is 13.5. The number of allylic oxidation sites excluding steroid dienone is 1. The highest BCUT2D eigenvalue weighted by Gasteiger charge is 2.24. The fourth-order valence-corrected chi connectivity index (χ4v) is 4.40. The van der Waals surface area contributed by atoms with Gasteiger partial charge in [0.05, 0.1) is 20.8 Å². The highest BCUT2D eigenvalue weighted by atomic mass is 16.5. The number of carbonyl (C=O) groups is 2. The lowest BCUT2D eigenvalue weighted by atomic mass is 10.1. The van der Waals surface area contributed by atoms with Crippen molar-refractivity contribution in [3.8, 4) is 34.3 Å². The fourth-order valence-electron chi connectivity index (χ4n) is 4.40. The molecular weight excluding hydrogens is 520 g/mol. The van der Waals surface area contributed by atoms with Crippen LogP contribution in [-0.4, -0.2) is 32.6 Å². The van der Waals surface area contributed by atoms with Crippen molar-refractivity contribution in [1.29, 1.82) is 0 Å². The summed E-state index contributed by atoms with van der Waals surface area (Å²) in [6.07, 6.45) is 3.17. The second-order valence-electron chi connectivity index (χ2n) is 8.99. The van der Waals surface area contributed by atoms with Crippen LogP contribution < -0.4 is 18.9 Å². The number of methoxy groups -OCH3 is 2. The van der Waals surface area contributed by atoms with Crippen molar-refractivity contribution in [2.75, 3.05) is 20.8 Å². The molecule has 0 atom stereocenters. The van der Waals surface area contributed by atoms with Crippen molar-refractivity contribution in [3.05, 3.63) is 114 Å². The molecule has 0 spiro atoms. The quantitative estimate of drug-likeness (QED) is 0.0768. The van der Waals surface area contributed by atoms with Gasteiger partial charge in [-0.05, 0) is 73.2 Å². The number of hydrogen-bond donors (Lipinski definition) is 0. The van der Waals surface area contributed by atoms with Gasteiger partial charge >= 0.3 is 5.97 Å². The standard InChI is InChI=1S/C34H28O7/c1-4-39-26-16-19-29-27(21-26)32(33(41-29)24-8-6-5-7-9-24)34(36)40-25-14-12-23(13-15-25)28(35)17-10-22-11-18-30(37-2)31(20-22)38-3/h5-21H,4H2,1-3H3/b17-10+.